The maximum Gasteiger partial charge on any atom is 0.0520 e. The normalized spacial score (nSPS) is 11.1. The van der Waals surface area contributed by atoms with Gasteiger partial charge in [0.05, 0.1) is 6.17 Å². The average molecular weight is 470 g/mol. The Hall–Kier alpha value is -0.120. The van der Waals surface area contributed by atoms with Gasteiger partial charge in [-0.1, -0.05) is 168 Å². The predicted octanol–water partition coefficient (Wildman–Crippen LogP) is 9.36. The first-order valence-electron chi connectivity index (χ1n) is 15.4. The smallest absolute Gasteiger partial charge is 0.0520 e. The molecule has 0 heterocycles. The summed E-state index contributed by atoms with van der Waals surface area (Å²) in [5.41, 5.74) is 16.4. The largest absolute Gasteiger partial charge is 0.330 e. The molecule has 0 aliphatic rings. The zero-order chi connectivity index (χ0) is 24.7. The summed E-state index contributed by atoms with van der Waals surface area (Å²) in [6.45, 7) is 5.42. The van der Waals surface area contributed by atoms with Crippen LogP contribution in [0.4, 0.5) is 0 Å². The van der Waals surface area contributed by atoms with Crippen molar-refractivity contribution in [1.29, 1.82) is 0 Å². The molecule has 0 radical (unpaired) electrons. The van der Waals surface area contributed by atoms with Gasteiger partial charge in [-0.15, -0.1) is 0 Å². The van der Waals surface area contributed by atoms with E-state index >= 15 is 0 Å². The third-order valence-electron chi connectivity index (χ3n) is 6.70. The molecule has 33 heavy (non-hydrogen) atoms. The van der Waals surface area contributed by atoms with Crippen LogP contribution in [-0.2, 0) is 0 Å². The molecule has 3 nitrogen and oxygen atoms in total. The van der Waals surface area contributed by atoms with Gasteiger partial charge < -0.3 is 17.2 Å². The van der Waals surface area contributed by atoms with Crippen LogP contribution in [0.15, 0.2) is 0 Å². The minimum atomic E-state index is -0.0976. The van der Waals surface area contributed by atoms with Crippen molar-refractivity contribution in [3.63, 3.8) is 0 Å². The van der Waals surface area contributed by atoms with Crippen LogP contribution in [0.1, 0.15) is 181 Å². The Morgan fingerprint density at radius 2 is 0.606 bits per heavy atom. The lowest BCUT2D eigenvalue weighted by molar-refractivity contribution is 0.530. The van der Waals surface area contributed by atoms with Crippen molar-refractivity contribution in [2.24, 2.45) is 17.2 Å². The van der Waals surface area contributed by atoms with Crippen molar-refractivity contribution in [2.75, 3.05) is 6.54 Å². The third kappa shape index (κ3) is 39.4. The first kappa shape index (κ1) is 35.0. The molecule has 0 fully saturated rings. The molecule has 3 heteroatoms. The Bertz CT molecular complexity index is 291. The van der Waals surface area contributed by atoms with Crippen molar-refractivity contribution in [3.05, 3.63) is 0 Å². The van der Waals surface area contributed by atoms with Gasteiger partial charge in [-0.2, -0.15) is 0 Å². The van der Waals surface area contributed by atoms with Crippen LogP contribution in [0.5, 0.6) is 0 Å². The van der Waals surface area contributed by atoms with Crippen molar-refractivity contribution >= 4 is 0 Å². The molecule has 6 N–H and O–H groups in total. The highest BCUT2D eigenvalue weighted by molar-refractivity contribution is 4.53. The van der Waals surface area contributed by atoms with Crippen molar-refractivity contribution in [1.82, 2.24) is 0 Å². The van der Waals surface area contributed by atoms with Gasteiger partial charge in [-0.3, -0.25) is 0 Å². The molecule has 0 aromatic rings. The number of nitrogens with two attached hydrogens (primary N) is 3. The zero-order valence-corrected chi connectivity index (χ0v) is 23.4. The van der Waals surface area contributed by atoms with Crippen LogP contribution >= 0.6 is 0 Å². The monoisotopic (exact) mass is 470 g/mol. The first-order chi connectivity index (χ1) is 16.2. The van der Waals surface area contributed by atoms with Gasteiger partial charge in [0.1, 0.15) is 0 Å². The fraction of sp³-hybridized carbons (Fsp3) is 1.00. The molecule has 0 aliphatic heterocycles. The van der Waals surface area contributed by atoms with Gasteiger partial charge >= 0.3 is 0 Å². The third-order valence-corrected chi connectivity index (χ3v) is 6.70. The van der Waals surface area contributed by atoms with Crippen molar-refractivity contribution in [3.8, 4) is 0 Å². The second-order valence-corrected chi connectivity index (χ2v) is 10.4. The predicted molar refractivity (Wildman–Crippen MR) is 153 cm³/mol. The molecule has 0 aliphatic carbocycles. The minimum absolute atomic E-state index is 0.0976. The van der Waals surface area contributed by atoms with Crippen LogP contribution in [0.2, 0.25) is 0 Å². The number of unbranched alkanes of at least 4 members (excludes halogenated alkanes) is 23. The Labute approximate surface area is 210 Å². The second-order valence-electron chi connectivity index (χ2n) is 10.4. The molecule has 0 aromatic heterocycles. The van der Waals surface area contributed by atoms with Crippen LogP contribution in [0, 0.1) is 0 Å². The van der Waals surface area contributed by atoms with E-state index in [9.17, 15) is 0 Å². The average Bonchev–Trinajstić information content (AvgIpc) is 2.81. The molecule has 0 aromatic carbocycles. The lowest BCUT2D eigenvalue weighted by Crippen LogP contribution is -2.29. The van der Waals surface area contributed by atoms with Gasteiger partial charge in [0, 0.05) is 0 Å². The number of hydrogen-bond donors (Lipinski definition) is 3. The van der Waals surface area contributed by atoms with E-state index in [2.05, 4.69) is 13.8 Å². The van der Waals surface area contributed by atoms with Crippen molar-refractivity contribution in [2.45, 2.75) is 187 Å². The molecule has 0 unspecified atom stereocenters. The molecule has 0 spiro atoms. The van der Waals surface area contributed by atoms with Gasteiger partial charge in [-0.25, -0.2) is 0 Å². The molecule has 0 bridgehead atoms. The topological polar surface area (TPSA) is 78.1 Å². The fourth-order valence-corrected chi connectivity index (χ4v) is 4.38. The van der Waals surface area contributed by atoms with E-state index in [1.807, 2.05) is 0 Å². The molecular formula is C30H67N3. The highest BCUT2D eigenvalue weighted by Gasteiger charge is 1.95. The van der Waals surface area contributed by atoms with Gasteiger partial charge in [0.15, 0.2) is 0 Å². The maximum absolute atomic E-state index is 5.48. The Balaban J connectivity index is 0. The maximum atomic E-state index is 5.48. The highest BCUT2D eigenvalue weighted by atomic mass is 14.8. The molecule has 0 atom stereocenters. The van der Waals surface area contributed by atoms with E-state index in [1.165, 1.54) is 161 Å². The van der Waals surface area contributed by atoms with E-state index in [4.69, 9.17) is 17.2 Å². The molecule has 202 valence electrons. The number of rotatable bonds is 26. The summed E-state index contributed by atoms with van der Waals surface area (Å²) in [5, 5.41) is 0. The molecule has 0 amide bonds. The van der Waals surface area contributed by atoms with Gasteiger partial charge in [-0.05, 0) is 19.4 Å². The van der Waals surface area contributed by atoms with Crippen molar-refractivity contribution < 1.29 is 0 Å². The molecule has 0 rings (SSSR count). The van der Waals surface area contributed by atoms with Gasteiger partial charge in [0.25, 0.3) is 0 Å². The standard InChI is InChI=1S/C18H39N.C12H28N2/c1-2-3-4-5-6-7-8-9-10-11-12-13-14-15-16-17-18-19;1-2-3-4-5-6-7-8-9-10-11-12(13)14/h2-19H2,1H3;12H,2-11,13-14H2,1H3. The first-order valence-corrected chi connectivity index (χ1v) is 15.4. The van der Waals surface area contributed by atoms with E-state index in [1.54, 1.807) is 0 Å². The van der Waals surface area contributed by atoms with E-state index in [0.717, 1.165) is 13.0 Å². The summed E-state index contributed by atoms with van der Waals surface area (Å²) < 4.78 is 0. The fourth-order valence-electron chi connectivity index (χ4n) is 4.38. The second kappa shape index (κ2) is 34.0. The summed E-state index contributed by atoms with van der Waals surface area (Å²) in [6, 6.07) is 0. The summed E-state index contributed by atoms with van der Waals surface area (Å²) >= 11 is 0. The SMILES string of the molecule is CCCCCCCCCCCC(N)N.CCCCCCCCCCCCCCCCCCN. The lowest BCUT2D eigenvalue weighted by Gasteiger charge is -2.04. The molecule has 0 saturated heterocycles. The van der Waals surface area contributed by atoms with Crippen LogP contribution in [0.3, 0.4) is 0 Å². The number of hydrogen-bond acceptors (Lipinski definition) is 3. The lowest BCUT2D eigenvalue weighted by atomic mass is 10.0. The summed E-state index contributed by atoms with van der Waals surface area (Å²) in [7, 11) is 0. The molecular weight excluding hydrogens is 402 g/mol. The Morgan fingerprint density at radius 3 is 0.848 bits per heavy atom. The van der Waals surface area contributed by atoms with Crippen LogP contribution in [0.25, 0.3) is 0 Å². The Morgan fingerprint density at radius 1 is 0.364 bits per heavy atom. The van der Waals surface area contributed by atoms with Crippen LogP contribution < -0.4 is 17.2 Å². The Kier molecular flexibility index (Phi) is 36.2. The van der Waals surface area contributed by atoms with E-state index < -0.39 is 0 Å². The zero-order valence-electron chi connectivity index (χ0n) is 23.4. The van der Waals surface area contributed by atoms with E-state index in [-0.39, 0.29) is 6.17 Å². The molecule has 0 saturated carbocycles. The minimum Gasteiger partial charge on any atom is -0.330 e. The van der Waals surface area contributed by atoms with Gasteiger partial charge in [0.2, 0.25) is 0 Å². The van der Waals surface area contributed by atoms with Crippen LogP contribution in [-0.4, -0.2) is 12.7 Å². The quantitative estimate of drug-likeness (QED) is 0.0871. The van der Waals surface area contributed by atoms with E-state index in [0.29, 0.717) is 0 Å². The summed E-state index contributed by atoms with van der Waals surface area (Å²) in [5.74, 6) is 0. The highest BCUT2D eigenvalue weighted by Crippen LogP contribution is 2.13. The summed E-state index contributed by atoms with van der Waals surface area (Å²) in [6.07, 6.45) is 36.0. The summed E-state index contributed by atoms with van der Waals surface area (Å²) in [4.78, 5) is 0.